The number of amides is 2. The lowest BCUT2D eigenvalue weighted by atomic mass is 10.0. The molecule has 0 spiro atoms. The van der Waals surface area contributed by atoms with Crippen LogP contribution in [-0.2, 0) is 4.79 Å². The van der Waals surface area contributed by atoms with Crippen LogP contribution in [0.25, 0.3) is 0 Å². The van der Waals surface area contributed by atoms with Crippen LogP contribution in [0, 0.1) is 26.7 Å². The Balaban J connectivity index is 2.17. The smallest absolute Gasteiger partial charge is 0.252 e. The zero-order chi connectivity index (χ0) is 18.6. The molecule has 0 heterocycles. The first-order chi connectivity index (χ1) is 11.8. The summed E-state index contributed by atoms with van der Waals surface area (Å²) >= 11 is 0. The Morgan fingerprint density at radius 3 is 2.16 bits per heavy atom. The van der Waals surface area contributed by atoms with Gasteiger partial charge in [0.25, 0.3) is 5.91 Å². The summed E-state index contributed by atoms with van der Waals surface area (Å²) in [6.45, 7) is 9.71. The van der Waals surface area contributed by atoms with Gasteiger partial charge in [0.1, 0.15) is 6.04 Å². The molecule has 0 saturated carbocycles. The van der Waals surface area contributed by atoms with Gasteiger partial charge in [-0.05, 0) is 55.5 Å². The Hall–Kier alpha value is -2.62. The van der Waals surface area contributed by atoms with Crippen molar-refractivity contribution in [1.29, 1.82) is 0 Å². The highest BCUT2D eigenvalue weighted by molar-refractivity contribution is 6.02. The molecule has 0 aliphatic carbocycles. The average molecular weight is 338 g/mol. The highest BCUT2D eigenvalue weighted by atomic mass is 16.2. The Morgan fingerprint density at radius 2 is 1.52 bits per heavy atom. The van der Waals surface area contributed by atoms with Crippen LogP contribution in [0.1, 0.15) is 40.9 Å². The van der Waals surface area contributed by atoms with E-state index in [0.717, 1.165) is 22.4 Å². The number of anilines is 1. The molecule has 4 nitrogen and oxygen atoms in total. The van der Waals surface area contributed by atoms with Crippen LogP contribution in [0.5, 0.6) is 0 Å². The Morgan fingerprint density at radius 1 is 0.880 bits per heavy atom. The molecule has 4 heteroatoms. The summed E-state index contributed by atoms with van der Waals surface area (Å²) < 4.78 is 0. The molecule has 1 atom stereocenters. The Labute approximate surface area is 149 Å². The summed E-state index contributed by atoms with van der Waals surface area (Å²) in [5, 5.41) is 5.83. The van der Waals surface area contributed by atoms with Crippen LogP contribution < -0.4 is 10.6 Å². The van der Waals surface area contributed by atoms with Crippen LogP contribution in [0.2, 0.25) is 0 Å². The number of hydrogen-bond donors (Lipinski definition) is 2. The van der Waals surface area contributed by atoms with E-state index in [2.05, 4.69) is 10.6 Å². The molecule has 0 bridgehead atoms. The third-order valence-electron chi connectivity index (χ3n) is 4.49. The summed E-state index contributed by atoms with van der Waals surface area (Å²) in [5.74, 6) is -0.461. The zero-order valence-electron chi connectivity index (χ0n) is 15.5. The van der Waals surface area contributed by atoms with Crippen molar-refractivity contribution in [2.75, 3.05) is 5.32 Å². The van der Waals surface area contributed by atoms with Gasteiger partial charge in [-0.25, -0.2) is 0 Å². The van der Waals surface area contributed by atoms with E-state index in [-0.39, 0.29) is 17.7 Å². The molecule has 25 heavy (non-hydrogen) atoms. The molecule has 2 aromatic rings. The molecule has 2 rings (SSSR count). The van der Waals surface area contributed by atoms with Crippen LogP contribution in [0.4, 0.5) is 5.69 Å². The minimum absolute atomic E-state index is 0.0296. The predicted molar refractivity (Wildman–Crippen MR) is 102 cm³/mol. The fourth-order valence-corrected chi connectivity index (χ4v) is 2.68. The highest BCUT2D eigenvalue weighted by Gasteiger charge is 2.25. The summed E-state index contributed by atoms with van der Waals surface area (Å²) in [6, 6.07) is 12.5. The van der Waals surface area contributed by atoms with E-state index in [1.165, 1.54) is 0 Å². The summed E-state index contributed by atoms with van der Waals surface area (Å²) in [7, 11) is 0. The molecule has 0 saturated heterocycles. The third-order valence-corrected chi connectivity index (χ3v) is 4.49. The summed E-state index contributed by atoms with van der Waals surface area (Å²) in [6.07, 6.45) is 0. The second kappa shape index (κ2) is 7.97. The van der Waals surface area contributed by atoms with Gasteiger partial charge in [0.2, 0.25) is 5.91 Å². The second-order valence-corrected chi connectivity index (χ2v) is 6.75. The molecule has 0 fully saturated rings. The van der Waals surface area contributed by atoms with Crippen molar-refractivity contribution in [3.8, 4) is 0 Å². The van der Waals surface area contributed by atoms with Crippen LogP contribution >= 0.6 is 0 Å². The zero-order valence-corrected chi connectivity index (χ0v) is 15.5. The highest BCUT2D eigenvalue weighted by Crippen LogP contribution is 2.19. The van der Waals surface area contributed by atoms with Gasteiger partial charge >= 0.3 is 0 Å². The van der Waals surface area contributed by atoms with Gasteiger partial charge in [-0.1, -0.05) is 44.2 Å². The topological polar surface area (TPSA) is 58.2 Å². The minimum atomic E-state index is -0.605. The van der Waals surface area contributed by atoms with E-state index in [4.69, 9.17) is 0 Å². The molecule has 2 amide bonds. The second-order valence-electron chi connectivity index (χ2n) is 6.75. The van der Waals surface area contributed by atoms with Gasteiger partial charge in [0, 0.05) is 11.3 Å². The molecular formula is C21H26N2O2. The average Bonchev–Trinajstić information content (AvgIpc) is 2.56. The van der Waals surface area contributed by atoms with Crippen molar-refractivity contribution >= 4 is 17.5 Å². The maximum atomic E-state index is 12.7. The molecule has 0 aliphatic rings. The van der Waals surface area contributed by atoms with Crippen molar-refractivity contribution in [1.82, 2.24) is 5.32 Å². The minimum Gasteiger partial charge on any atom is -0.340 e. The van der Waals surface area contributed by atoms with E-state index in [0.29, 0.717) is 5.56 Å². The number of benzene rings is 2. The van der Waals surface area contributed by atoms with Crippen molar-refractivity contribution in [3.63, 3.8) is 0 Å². The molecule has 0 aromatic heterocycles. The van der Waals surface area contributed by atoms with Crippen molar-refractivity contribution in [2.45, 2.75) is 40.7 Å². The Bertz CT molecular complexity index is 781. The van der Waals surface area contributed by atoms with Crippen LogP contribution in [0.3, 0.4) is 0 Å². The number of rotatable bonds is 5. The maximum Gasteiger partial charge on any atom is 0.252 e. The van der Waals surface area contributed by atoms with Gasteiger partial charge in [-0.3, -0.25) is 9.59 Å². The van der Waals surface area contributed by atoms with E-state index in [1.54, 1.807) is 6.07 Å². The van der Waals surface area contributed by atoms with Gasteiger partial charge in [-0.15, -0.1) is 0 Å². The number of carbonyl (C=O) groups excluding carboxylic acids is 2. The Kier molecular flexibility index (Phi) is 5.97. The number of carbonyl (C=O) groups is 2. The largest absolute Gasteiger partial charge is 0.340 e. The van der Waals surface area contributed by atoms with Gasteiger partial charge in [-0.2, -0.15) is 0 Å². The lowest BCUT2D eigenvalue weighted by Crippen LogP contribution is -2.47. The fourth-order valence-electron chi connectivity index (χ4n) is 2.68. The molecular weight excluding hydrogens is 312 g/mol. The maximum absolute atomic E-state index is 12.7. The first kappa shape index (κ1) is 18.7. The lowest BCUT2D eigenvalue weighted by Gasteiger charge is -2.23. The number of nitrogens with one attached hydrogen (secondary N) is 2. The third kappa shape index (κ3) is 4.47. The molecule has 2 N–H and O–H groups in total. The molecule has 2 aromatic carbocycles. The molecule has 132 valence electrons. The van der Waals surface area contributed by atoms with Gasteiger partial charge in [0.05, 0.1) is 0 Å². The SMILES string of the molecule is Cc1ccccc1C(=O)NC(C(=O)Nc1cccc(C)c1C)C(C)C. The monoisotopic (exact) mass is 338 g/mol. The first-order valence-electron chi connectivity index (χ1n) is 8.54. The van der Waals surface area contributed by atoms with E-state index >= 15 is 0 Å². The van der Waals surface area contributed by atoms with E-state index in [9.17, 15) is 9.59 Å². The first-order valence-corrected chi connectivity index (χ1v) is 8.54. The van der Waals surface area contributed by atoms with Gasteiger partial charge in [0.15, 0.2) is 0 Å². The fraction of sp³-hybridized carbons (Fsp3) is 0.333. The van der Waals surface area contributed by atoms with Crippen LogP contribution in [-0.4, -0.2) is 17.9 Å². The number of hydrogen-bond acceptors (Lipinski definition) is 2. The van der Waals surface area contributed by atoms with Crippen molar-refractivity contribution in [2.24, 2.45) is 5.92 Å². The number of aryl methyl sites for hydroxylation is 2. The summed E-state index contributed by atoms with van der Waals surface area (Å²) in [4.78, 5) is 25.3. The van der Waals surface area contributed by atoms with Gasteiger partial charge < -0.3 is 10.6 Å². The van der Waals surface area contributed by atoms with Crippen molar-refractivity contribution < 1.29 is 9.59 Å². The molecule has 1 unspecified atom stereocenters. The quantitative estimate of drug-likeness (QED) is 0.865. The molecule has 0 radical (unpaired) electrons. The molecule has 0 aliphatic heterocycles. The normalized spacial score (nSPS) is 11.9. The standard InChI is InChI=1S/C21H26N2O2/c1-13(2)19(23-20(24)17-11-7-6-9-15(17)4)21(25)22-18-12-8-10-14(3)16(18)5/h6-13,19H,1-5H3,(H,22,25)(H,23,24). The predicted octanol–water partition coefficient (Wildman–Crippen LogP) is 4.00. The van der Waals surface area contributed by atoms with E-state index in [1.807, 2.05) is 71.0 Å². The lowest BCUT2D eigenvalue weighted by molar-refractivity contribution is -0.118. The van der Waals surface area contributed by atoms with E-state index < -0.39 is 6.04 Å². The van der Waals surface area contributed by atoms with Crippen molar-refractivity contribution in [3.05, 3.63) is 64.7 Å². The summed E-state index contributed by atoms with van der Waals surface area (Å²) in [5.41, 5.74) is 4.40. The van der Waals surface area contributed by atoms with Crippen LogP contribution in [0.15, 0.2) is 42.5 Å².